The SMILES string of the molecule is C#CC(C)NCc1cscc1Br. The number of rotatable bonds is 3. The van der Waals surface area contributed by atoms with E-state index in [2.05, 4.69) is 37.9 Å². The Balaban J connectivity index is 2.44. The van der Waals surface area contributed by atoms with Crippen molar-refractivity contribution in [3.05, 3.63) is 20.8 Å². The topological polar surface area (TPSA) is 12.0 Å². The number of thiophene rings is 1. The van der Waals surface area contributed by atoms with E-state index in [9.17, 15) is 0 Å². The first-order chi connectivity index (χ1) is 5.74. The lowest BCUT2D eigenvalue weighted by atomic mass is 10.3. The smallest absolute Gasteiger partial charge is 0.0660 e. The number of halogens is 1. The van der Waals surface area contributed by atoms with Gasteiger partial charge in [-0.3, -0.25) is 5.32 Å². The summed E-state index contributed by atoms with van der Waals surface area (Å²) in [6.07, 6.45) is 5.23. The Kier molecular flexibility index (Phi) is 3.80. The lowest BCUT2D eigenvalue weighted by Gasteiger charge is -2.05. The predicted molar refractivity (Wildman–Crippen MR) is 57.2 cm³/mol. The maximum Gasteiger partial charge on any atom is 0.0660 e. The molecule has 1 heterocycles. The fraction of sp³-hybridized carbons (Fsp3) is 0.333. The second kappa shape index (κ2) is 4.66. The van der Waals surface area contributed by atoms with Crippen LogP contribution in [0.1, 0.15) is 12.5 Å². The molecule has 12 heavy (non-hydrogen) atoms. The van der Waals surface area contributed by atoms with Gasteiger partial charge in [0.2, 0.25) is 0 Å². The zero-order chi connectivity index (χ0) is 8.97. The second-order valence-corrected chi connectivity index (χ2v) is 4.11. The highest BCUT2D eigenvalue weighted by molar-refractivity contribution is 9.10. The van der Waals surface area contributed by atoms with Crippen LogP contribution in [0.5, 0.6) is 0 Å². The number of hydrogen-bond donors (Lipinski definition) is 1. The van der Waals surface area contributed by atoms with Crippen molar-refractivity contribution in [2.45, 2.75) is 19.5 Å². The summed E-state index contributed by atoms with van der Waals surface area (Å²) in [7, 11) is 0. The van der Waals surface area contributed by atoms with Gasteiger partial charge in [-0.15, -0.1) is 6.42 Å². The molecule has 0 radical (unpaired) electrons. The molecule has 1 aromatic heterocycles. The van der Waals surface area contributed by atoms with Gasteiger partial charge < -0.3 is 0 Å². The van der Waals surface area contributed by atoms with Crippen molar-refractivity contribution in [2.24, 2.45) is 0 Å². The molecule has 1 atom stereocenters. The molecule has 1 nitrogen and oxygen atoms in total. The van der Waals surface area contributed by atoms with Gasteiger partial charge in [-0.05, 0) is 33.8 Å². The van der Waals surface area contributed by atoms with E-state index in [4.69, 9.17) is 6.42 Å². The molecule has 0 saturated carbocycles. The quantitative estimate of drug-likeness (QED) is 0.806. The van der Waals surface area contributed by atoms with Crippen LogP contribution >= 0.6 is 27.3 Å². The van der Waals surface area contributed by atoms with Crippen molar-refractivity contribution in [1.82, 2.24) is 5.32 Å². The van der Waals surface area contributed by atoms with Gasteiger partial charge in [-0.25, -0.2) is 0 Å². The predicted octanol–water partition coefficient (Wildman–Crippen LogP) is 2.62. The van der Waals surface area contributed by atoms with Crippen molar-refractivity contribution in [1.29, 1.82) is 0 Å². The van der Waals surface area contributed by atoms with Gasteiger partial charge in [0.15, 0.2) is 0 Å². The third kappa shape index (κ3) is 2.63. The summed E-state index contributed by atoms with van der Waals surface area (Å²) in [5.41, 5.74) is 1.27. The zero-order valence-electron chi connectivity index (χ0n) is 6.80. The fourth-order valence-electron chi connectivity index (χ4n) is 0.756. The van der Waals surface area contributed by atoms with Crippen LogP contribution in [0.3, 0.4) is 0 Å². The summed E-state index contributed by atoms with van der Waals surface area (Å²) < 4.78 is 1.16. The van der Waals surface area contributed by atoms with E-state index in [0.717, 1.165) is 11.0 Å². The van der Waals surface area contributed by atoms with Gasteiger partial charge in [0.25, 0.3) is 0 Å². The molecule has 1 rings (SSSR count). The molecule has 1 N–H and O–H groups in total. The molecular formula is C9H10BrNS. The molecule has 0 spiro atoms. The van der Waals surface area contributed by atoms with Crippen molar-refractivity contribution < 1.29 is 0 Å². The molecule has 0 aliphatic rings. The summed E-state index contributed by atoms with van der Waals surface area (Å²) in [6.45, 7) is 2.80. The normalized spacial score (nSPS) is 12.4. The van der Waals surface area contributed by atoms with Gasteiger partial charge in [0.05, 0.1) is 6.04 Å². The van der Waals surface area contributed by atoms with Crippen molar-refractivity contribution in [3.63, 3.8) is 0 Å². The van der Waals surface area contributed by atoms with Crippen LogP contribution in [0.2, 0.25) is 0 Å². The fourth-order valence-corrected chi connectivity index (χ4v) is 2.20. The molecule has 64 valence electrons. The molecule has 0 amide bonds. The van der Waals surface area contributed by atoms with E-state index in [1.54, 1.807) is 11.3 Å². The van der Waals surface area contributed by atoms with Gasteiger partial charge >= 0.3 is 0 Å². The Bertz CT molecular complexity index is 287. The minimum Gasteiger partial charge on any atom is -0.300 e. The highest BCUT2D eigenvalue weighted by Crippen LogP contribution is 2.20. The lowest BCUT2D eigenvalue weighted by Crippen LogP contribution is -2.23. The van der Waals surface area contributed by atoms with E-state index < -0.39 is 0 Å². The van der Waals surface area contributed by atoms with Crippen LogP contribution in [0.25, 0.3) is 0 Å². The van der Waals surface area contributed by atoms with Crippen LogP contribution in [-0.4, -0.2) is 6.04 Å². The minimum atomic E-state index is 0.136. The van der Waals surface area contributed by atoms with Crippen LogP contribution < -0.4 is 5.32 Å². The zero-order valence-corrected chi connectivity index (χ0v) is 9.21. The van der Waals surface area contributed by atoms with E-state index in [-0.39, 0.29) is 6.04 Å². The maximum atomic E-state index is 5.23. The van der Waals surface area contributed by atoms with Crippen molar-refractivity contribution in [3.8, 4) is 12.3 Å². The summed E-state index contributed by atoms with van der Waals surface area (Å²) in [5.74, 6) is 2.62. The summed E-state index contributed by atoms with van der Waals surface area (Å²) in [6, 6.07) is 0.136. The van der Waals surface area contributed by atoms with Crippen LogP contribution in [0.15, 0.2) is 15.2 Å². The highest BCUT2D eigenvalue weighted by Gasteiger charge is 2.01. The molecule has 0 aromatic carbocycles. The number of terminal acetylenes is 1. The first-order valence-corrected chi connectivity index (χ1v) is 5.37. The summed E-state index contributed by atoms with van der Waals surface area (Å²) >= 11 is 5.14. The molecule has 0 aliphatic heterocycles. The lowest BCUT2D eigenvalue weighted by molar-refractivity contribution is 0.648. The Morgan fingerprint density at radius 1 is 1.75 bits per heavy atom. The Labute approximate surface area is 85.3 Å². The molecule has 0 fully saturated rings. The monoisotopic (exact) mass is 243 g/mol. The first kappa shape index (κ1) is 9.79. The van der Waals surface area contributed by atoms with E-state index in [1.807, 2.05) is 6.92 Å². The van der Waals surface area contributed by atoms with E-state index in [0.29, 0.717) is 0 Å². The third-order valence-electron chi connectivity index (χ3n) is 1.54. The highest BCUT2D eigenvalue weighted by atomic mass is 79.9. The van der Waals surface area contributed by atoms with Gasteiger partial charge in [-0.1, -0.05) is 5.92 Å². The van der Waals surface area contributed by atoms with E-state index in [1.165, 1.54) is 5.56 Å². The largest absolute Gasteiger partial charge is 0.300 e. The van der Waals surface area contributed by atoms with E-state index >= 15 is 0 Å². The van der Waals surface area contributed by atoms with Crippen LogP contribution in [0, 0.1) is 12.3 Å². The van der Waals surface area contributed by atoms with Gasteiger partial charge in [0, 0.05) is 16.4 Å². The van der Waals surface area contributed by atoms with Crippen LogP contribution in [0.4, 0.5) is 0 Å². The summed E-state index contributed by atoms with van der Waals surface area (Å²) in [4.78, 5) is 0. The molecule has 0 saturated heterocycles. The Hall–Kier alpha value is -0.300. The van der Waals surface area contributed by atoms with Gasteiger partial charge in [0.1, 0.15) is 0 Å². The molecule has 0 bridgehead atoms. The molecule has 3 heteroatoms. The number of nitrogens with one attached hydrogen (secondary N) is 1. The maximum absolute atomic E-state index is 5.23. The third-order valence-corrected chi connectivity index (χ3v) is 3.37. The average Bonchev–Trinajstić information content (AvgIpc) is 2.47. The standard InChI is InChI=1S/C9H10BrNS/c1-3-7(2)11-4-8-5-12-6-9(8)10/h1,5-7,11H,4H2,2H3. The first-order valence-electron chi connectivity index (χ1n) is 3.64. The minimum absolute atomic E-state index is 0.136. The number of hydrogen-bond acceptors (Lipinski definition) is 2. The molecular weight excluding hydrogens is 234 g/mol. The average molecular weight is 244 g/mol. The molecule has 0 aliphatic carbocycles. The van der Waals surface area contributed by atoms with Crippen molar-refractivity contribution in [2.75, 3.05) is 0 Å². The Morgan fingerprint density at radius 3 is 3.00 bits per heavy atom. The van der Waals surface area contributed by atoms with Crippen LogP contribution in [-0.2, 0) is 6.54 Å². The second-order valence-electron chi connectivity index (χ2n) is 2.51. The van der Waals surface area contributed by atoms with Gasteiger partial charge in [-0.2, -0.15) is 11.3 Å². The van der Waals surface area contributed by atoms with Crippen molar-refractivity contribution >= 4 is 27.3 Å². The Morgan fingerprint density at radius 2 is 2.50 bits per heavy atom. The molecule has 1 aromatic rings. The molecule has 1 unspecified atom stereocenters. The summed E-state index contributed by atoms with van der Waals surface area (Å²) in [5, 5.41) is 7.39.